The quantitative estimate of drug-likeness (QED) is 0.397. The number of amides is 1. The van der Waals surface area contributed by atoms with E-state index < -0.39 is 37.2 Å². The van der Waals surface area contributed by atoms with Crippen LogP contribution in [0.15, 0.2) is 47.4 Å². The van der Waals surface area contributed by atoms with Gasteiger partial charge in [-0.05, 0) is 36.4 Å². The zero-order valence-corrected chi connectivity index (χ0v) is 14.0. The van der Waals surface area contributed by atoms with Crippen LogP contribution in [0.1, 0.15) is 10.4 Å². The Morgan fingerprint density at radius 1 is 1.23 bits per heavy atom. The Labute approximate surface area is 148 Å². The normalized spacial score (nSPS) is 10.6. The number of carbonyl (C=O) groups excluding carboxylic acids is 1. The van der Waals surface area contributed by atoms with Crippen LogP contribution >= 0.6 is 0 Å². The molecule has 0 aliphatic carbocycles. The van der Waals surface area contributed by atoms with E-state index in [1.165, 1.54) is 24.3 Å². The minimum absolute atomic E-state index is 0.0623. The molecule has 0 bridgehead atoms. The largest absolute Gasteiger partial charge is 0.502 e. The van der Waals surface area contributed by atoms with Crippen molar-refractivity contribution in [1.82, 2.24) is 5.32 Å². The summed E-state index contributed by atoms with van der Waals surface area (Å²) in [5.41, 5.74) is -0.300. The van der Waals surface area contributed by atoms with Gasteiger partial charge in [0.1, 0.15) is 0 Å². The number of nitro groups is 1. The fraction of sp³-hybridized carbons (Fsp3) is 0.0625. The van der Waals surface area contributed by atoms with Crippen LogP contribution in [0.3, 0.4) is 0 Å². The maximum atomic E-state index is 12.3. The number of anilines is 1. The van der Waals surface area contributed by atoms with Crippen LogP contribution < -0.4 is 10.0 Å². The molecule has 0 aliphatic heterocycles. The first kappa shape index (κ1) is 18.8. The van der Waals surface area contributed by atoms with Crippen molar-refractivity contribution in [3.8, 4) is 18.1 Å². The van der Waals surface area contributed by atoms with Gasteiger partial charge in [0.25, 0.3) is 15.9 Å². The monoisotopic (exact) mass is 375 g/mol. The van der Waals surface area contributed by atoms with E-state index >= 15 is 0 Å². The minimum atomic E-state index is -4.13. The highest BCUT2D eigenvalue weighted by Crippen LogP contribution is 2.29. The standard InChI is InChI=1S/C16H13N3O6S/c1-2-9-17-16(21)11-3-5-12(6-4-11)18-26(24,25)13-7-8-15(20)14(10-13)19(22)23/h1,3-8,10,18,20H,9H2,(H,17,21). The number of aromatic hydroxyl groups is 1. The number of nitrogens with one attached hydrogen (secondary N) is 2. The molecular weight excluding hydrogens is 362 g/mol. The molecule has 2 rings (SSSR count). The first-order valence-electron chi connectivity index (χ1n) is 7.06. The molecule has 0 saturated heterocycles. The number of hydrogen-bond acceptors (Lipinski definition) is 6. The van der Waals surface area contributed by atoms with Gasteiger partial charge < -0.3 is 10.4 Å². The van der Waals surface area contributed by atoms with Gasteiger partial charge in [-0.2, -0.15) is 0 Å². The first-order chi connectivity index (χ1) is 12.2. The maximum absolute atomic E-state index is 12.3. The lowest BCUT2D eigenvalue weighted by Crippen LogP contribution is -2.23. The number of phenolic OH excluding ortho intramolecular Hbond substituents is 1. The van der Waals surface area contributed by atoms with E-state index in [2.05, 4.69) is 16.0 Å². The number of nitro benzene ring substituents is 1. The summed E-state index contributed by atoms with van der Waals surface area (Å²) in [6.07, 6.45) is 5.04. The van der Waals surface area contributed by atoms with Gasteiger partial charge in [0.05, 0.1) is 16.4 Å². The van der Waals surface area contributed by atoms with Crippen molar-refractivity contribution >= 4 is 27.3 Å². The molecule has 0 spiro atoms. The van der Waals surface area contributed by atoms with Gasteiger partial charge in [-0.15, -0.1) is 6.42 Å². The number of carbonyl (C=O) groups is 1. The fourth-order valence-corrected chi connectivity index (χ4v) is 3.03. The van der Waals surface area contributed by atoms with Crippen molar-refractivity contribution in [2.24, 2.45) is 0 Å². The minimum Gasteiger partial charge on any atom is -0.502 e. The number of terminal acetylenes is 1. The molecule has 26 heavy (non-hydrogen) atoms. The summed E-state index contributed by atoms with van der Waals surface area (Å²) in [4.78, 5) is 21.3. The van der Waals surface area contributed by atoms with Crippen LogP contribution in [-0.4, -0.2) is 30.9 Å². The van der Waals surface area contributed by atoms with Crippen molar-refractivity contribution < 1.29 is 23.2 Å². The SMILES string of the molecule is C#CCNC(=O)c1ccc(NS(=O)(=O)c2ccc(O)c([N+](=O)[O-])c2)cc1. The smallest absolute Gasteiger partial charge is 0.312 e. The van der Waals surface area contributed by atoms with E-state index in [1.807, 2.05) is 0 Å². The Morgan fingerprint density at radius 3 is 2.46 bits per heavy atom. The van der Waals surface area contributed by atoms with Gasteiger partial charge in [0, 0.05) is 17.3 Å². The summed E-state index contributed by atoms with van der Waals surface area (Å²) in [5.74, 6) is 1.20. The summed E-state index contributed by atoms with van der Waals surface area (Å²) < 4.78 is 26.9. The third kappa shape index (κ3) is 4.28. The van der Waals surface area contributed by atoms with Crippen molar-refractivity contribution in [3.63, 3.8) is 0 Å². The van der Waals surface area contributed by atoms with E-state index in [-0.39, 0.29) is 17.8 Å². The second-order valence-corrected chi connectivity index (χ2v) is 6.66. The number of phenols is 1. The number of hydrogen-bond donors (Lipinski definition) is 3. The highest BCUT2D eigenvalue weighted by Gasteiger charge is 2.21. The van der Waals surface area contributed by atoms with Crippen LogP contribution in [-0.2, 0) is 10.0 Å². The molecule has 1 amide bonds. The van der Waals surface area contributed by atoms with Gasteiger partial charge in [-0.25, -0.2) is 8.42 Å². The maximum Gasteiger partial charge on any atom is 0.312 e. The summed E-state index contributed by atoms with van der Waals surface area (Å²) >= 11 is 0. The Kier molecular flexibility index (Phi) is 5.44. The molecule has 0 saturated carbocycles. The molecule has 0 aliphatic rings. The van der Waals surface area contributed by atoms with Gasteiger partial charge >= 0.3 is 5.69 Å². The van der Waals surface area contributed by atoms with Crippen molar-refractivity contribution in [1.29, 1.82) is 0 Å². The van der Waals surface area contributed by atoms with Crippen LogP contribution in [0.4, 0.5) is 11.4 Å². The van der Waals surface area contributed by atoms with Gasteiger partial charge in [0.15, 0.2) is 5.75 Å². The molecule has 9 nitrogen and oxygen atoms in total. The summed E-state index contributed by atoms with van der Waals surface area (Å²) in [7, 11) is -4.13. The van der Waals surface area contributed by atoms with Gasteiger partial charge in [-0.3, -0.25) is 19.6 Å². The van der Waals surface area contributed by atoms with Crippen LogP contribution in [0.25, 0.3) is 0 Å². The highest BCUT2D eigenvalue weighted by molar-refractivity contribution is 7.92. The number of nitrogens with zero attached hydrogens (tertiary/aromatic N) is 1. The average Bonchev–Trinajstić information content (AvgIpc) is 2.59. The van der Waals surface area contributed by atoms with Gasteiger partial charge in [-0.1, -0.05) is 5.92 Å². The molecule has 0 heterocycles. The molecule has 2 aromatic carbocycles. The van der Waals surface area contributed by atoms with Gasteiger partial charge in [0.2, 0.25) is 0 Å². The summed E-state index contributed by atoms with van der Waals surface area (Å²) in [5, 5.41) is 22.7. The molecule has 2 aromatic rings. The molecular formula is C16H13N3O6S. The van der Waals surface area contributed by atoms with E-state index in [9.17, 15) is 28.4 Å². The van der Waals surface area contributed by atoms with E-state index in [0.717, 1.165) is 18.2 Å². The number of rotatable bonds is 6. The zero-order valence-electron chi connectivity index (χ0n) is 13.2. The van der Waals surface area contributed by atoms with E-state index in [1.54, 1.807) is 0 Å². The summed E-state index contributed by atoms with van der Waals surface area (Å²) in [6.45, 7) is 0.0623. The predicted octanol–water partition coefficient (Wildman–Crippen LogP) is 1.46. The second kappa shape index (κ2) is 7.54. The molecule has 0 unspecified atom stereocenters. The highest BCUT2D eigenvalue weighted by atomic mass is 32.2. The molecule has 0 radical (unpaired) electrons. The lowest BCUT2D eigenvalue weighted by atomic mass is 10.2. The molecule has 10 heteroatoms. The molecule has 0 atom stereocenters. The van der Waals surface area contributed by atoms with Crippen molar-refractivity contribution in [2.45, 2.75) is 4.90 Å². The van der Waals surface area contributed by atoms with Crippen molar-refractivity contribution in [2.75, 3.05) is 11.3 Å². The van der Waals surface area contributed by atoms with E-state index in [0.29, 0.717) is 0 Å². The predicted molar refractivity (Wildman–Crippen MR) is 93.2 cm³/mol. The van der Waals surface area contributed by atoms with Crippen molar-refractivity contribution in [3.05, 3.63) is 58.1 Å². The Balaban J connectivity index is 2.22. The molecule has 134 valence electrons. The molecule has 3 N–H and O–H groups in total. The molecule has 0 aromatic heterocycles. The Morgan fingerprint density at radius 2 is 1.88 bits per heavy atom. The average molecular weight is 375 g/mol. The van der Waals surface area contributed by atoms with Crippen LogP contribution in [0.5, 0.6) is 5.75 Å². The fourth-order valence-electron chi connectivity index (χ4n) is 1.95. The third-order valence-electron chi connectivity index (χ3n) is 3.20. The number of sulfonamides is 1. The number of benzene rings is 2. The van der Waals surface area contributed by atoms with E-state index in [4.69, 9.17) is 6.42 Å². The topological polar surface area (TPSA) is 139 Å². The van der Waals surface area contributed by atoms with Crippen LogP contribution in [0.2, 0.25) is 0 Å². The Bertz CT molecular complexity index is 994. The van der Waals surface area contributed by atoms with Crippen LogP contribution in [0, 0.1) is 22.5 Å². The summed E-state index contributed by atoms with van der Waals surface area (Å²) in [6, 6.07) is 8.21. The lowest BCUT2D eigenvalue weighted by molar-refractivity contribution is -0.386. The Hall–Kier alpha value is -3.58. The second-order valence-electron chi connectivity index (χ2n) is 4.98. The third-order valence-corrected chi connectivity index (χ3v) is 4.58. The zero-order chi connectivity index (χ0) is 19.3. The lowest BCUT2D eigenvalue weighted by Gasteiger charge is -2.09. The first-order valence-corrected chi connectivity index (χ1v) is 8.55. The molecule has 0 fully saturated rings.